The van der Waals surface area contributed by atoms with E-state index in [-0.39, 0.29) is 6.04 Å². The number of halogens is 2. The second-order valence-corrected chi connectivity index (χ2v) is 6.61. The van der Waals surface area contributed by atoms with Crippen molar-refractivity contribution in [3.63, 3.8) is 0 Å². The van der Waals surface area contributed by atoms with Gasteiger partial charge in [-0.2, -0.15) is 0 Å². The Morgan fingerprint density at radius 3 is 2.90 bits per heavy atom. The van der Waals surface area contributed by atoms with Crippen molar-refractivity contribution in [1.82, 2.24) is 4.90 Å². The first-order valence-corrected chi connectivity index (χ1v) is 8.25. The van der Waals surface area contributed by atoms with E-state index in [9.17, 15) is 0 Å². The van der Waals surface area contributed by atoms with Gasteiger partial charge in [0.1, 0.15) is 0 Å². The Bertz CT molecular complexity index is 438. The number of likely N-dealkylation sites (N-methyl/N-ethyl adjacent to an activating group) is 1. The molecule has 1 aliphatic heterocycles. The molecule has 1 heterocycles. The van der Waals surface area contributed by atoms with Gasteiger partial charge in [0.2, 0.25) is 0 Å². The van der Waals surface area contributed by atoms with Crippen molar-refractivity contribution in [2.75, 3.05) is 26.7 Å². The summed E-state index contributed by atoms with van der Waals surface area (Å²) in [6.45, 7) is 2.37. The van der Waals surface area contributed by atoms with E-state index in [4.69, 9.17) is 22.1 Å². The van der Waals surface area contributed by atoms with E-state index in [1.54, 1.807) is 0 Å². The fourth-order valence-corrected chi connectivity index (χ4v) is 3.13. The van der Waals surface area contributed by atoms with Crippen LogP contribution >= 0.6 is 27.5 Å². The first-order chi connectivity index (χ1) is 9.61. The minimum absolute atomic E-state index is 0.172. The van der Waals surface area contributed by atoms with Crippen LogP contribution in [0.25, 0.3) is 0 Å². The van der Waals surface area contributed by atoms with Crippen molar-refractivity contribution in [2.45, 2.75) is 31.4 Å². The van der Waals surface area contributed by atoms with E-state index in [0.717, 1.165) is 34.6 Å². The molecule has 2 rings (SSSR count). The highest BCUT2D eigenvalue weighted by Gasteiger charge is 2.21. The average molecular weight is 362 g/mol. The van der Waals surface area contributed by atoms with E-state index in [1.165, 1.54) is 12.8 Å². The van der Waals surface area contributed by atoms with Crippen LogP contribution in [0.5, 0.6) is 0 Å². The summed E-state index contributed by atoms with van der Waals surface area (Å²) in [6.07, 6.45) is 3.91. The highest BCUT2D eigenvalue weighted by atomic mass is 79.9. The predicted molar refractivity (Wildman–Crippen MR) is 87.2 cm³/mol. The molecule has 1 aliphatic rings. The van der Waals surface area contributed by atoms with Gasteiger partial charge in [-0.25, -0.2) is 0 Å². The molecule has 112 valence electrons. The van der Waals surface area contributed by atoms with Gasteiger partial charge in [-0.1, -0.05) is 17.7 Å². The number of ether oxygens (including phenoxy) is 1. The zero-order valence-corrected chi connectivity index (χ0v) is 14.2. The molecule has 1 fully saturated rings. The third-order valence-corrected chi connectivity index (χ3v) is 5.08. The van der Waals surface area contributed by atoms with Gasteiger partial charge < -0.3 is 10.5 Å². The fraction of sp³-hybridized carbons (Fsp3) is 0.600. The van der Waals surface area contributed by atoms with Gasteiger partial charge in [0.25, 0.3) is 0 Å². The van der Waals surface area contributed by atoms with Crippen LogP contribution in [0.2, 0.25) is 5.02 Å². The normalized spacial score (nSPS) is 21.1. The van der Waals surface area contributed by atoms with Gasteiger partial charge in [-0.3, -0.25) is 4.90 Å². The molecule has 0 aromatic heterocycles. The SMILES string of the molecule is CN(CC1CCCCO1)C(CN)c1ccc(Br)c(Cl)c1. The molecule has 20 heavy (non-hydrogen) atoms. The Kier molecular flexibility index (Phi) is 6.30. The van der Waals surface area contributed by atoms with Crippen LogP contribution in [0.4, 0.5) is 0 Å². The Morgan fingerprint density at radius 1 is 1.50 bits per heavy atom. The molecule has 2 atom stereocenters. The van der Waals surface area contributed by atoms with Crippen LogP contribution in [0.3, 0.4) is 0 Å². The third-order valence-electron chi connectivity index (χ3n) is 3.85. The quantitative estimate of drug-likeness (QED) is 0.871. The number of nitrogens with zero attached hydrogens (tertiary/aromatic N) is 1. The molecule has 2 unspecified atom stereocenters. The number of benzene rings is 1. The van der Waals surface area contributed by atoms with Crippen molar-refractivity contribution >= 4 is 27.5 Å². The molecule has 0 spiro atoms. The average Bonchev–Trinajstić information content (AvgIpc) is 2.44. The Labute approximate surface area is 134 Å². The molecule has 0 saturated carbocycles. The predicted octanol–water partition coefficient (Wildman–Crippen LogP) is 3.60. The maximum absolute atomic E-state index is 6.18. The fourth-order valence-electron chi connectivity index (χ4n) is 2.69. The number of nitrogens with two attached hydrogens (primary N) is 1. The van der Waals surface area contributed by atoms with E-state index in [2.05, 4.69) is 33.9 Å². The Hall–Kier alpha value is -0.130. The van der Waals surface area contributed by atoms with Crippen molar-refractivity contribution in [1.29, 1.82) is 0 Å². The molecule has 1 saturated heterocycles. The molecule has 0 aliphatic carbocycles. The lowest BCUT2D eigenvalue weighted by atomic mass is 10.0. The second-order valence-electron chi connectivity index (χ2n) is 5.35. The molecule has 3 nitrogen and oxygen atoms in total. The maximum atomic E-state index is 6.18. The van der Waals surface area contributed by atoms with Crippen LogP contribution in [0, 0.1) is 0 Å². The molecule has 0 amide bonds. The van der Waals surface area contributed by atoms with Crippen molar-refractivity contribution in [3.8, 4) is 0 Å². The number of hydrogen-bond donors (Lipinski definition) is 1. The summed E-state index contributed by atoms with van der Waals surface area (Å²) in [5.41, 5.74) is 7.11. The van der Waals surface area contributed by atoms with Crippen LogP contribution in [-0.4, -0.2) is 37.7 Å². The third kappa shape index (κ3) is 4.18. The first kappa shape index (κ1) is 16.2. The minimum atomic E-state index is 0.172. The summed E-state index contributed by atoms with van der Waals surface area (Å²) in [4.78, 5) is 2.27. The summed E-state index contributed by atoms with van der Waals surface area (Å²) >= 11 is 9.60. The molecular formula is C15H22BrClN2O. The standard InChI is InChI=1S/C15H22BrClN2O/c1-19(10-12-4-2-3-7-20-12)15(9-18)11-5-6-13(16)14(17)8-11/h5-6,8,12,15H,2-4,7,9-10,18H2,1H3. The summed E-state index contributed by atoms with van der Waals surface area (Å²) in [6, 6.07) is 6.21. The highest BCUT2D eigenvalue weighted by Crippen LogP contribution is 2.28. The largest absolute Gasteiger partial charge is 0.377 e. The van der Waals surface area contributed by atoms with Gasteiger partial charge in [-0.05, 0) is 59.9 Å². The lowest BCUT2D eigenvalue weighted by Crippen LogP contribution is -2.38. The molecule has 0 bridgehead atoms. The van der Waals surface area contributed by atoms with Crippen molar-refractivity contribution in [2.24, 2.45) is 5.73 Å². The zero-order valence-electron chi connectivity index (χ0n) is 11.8. The monoisotopic (exact) mass is 360 g/mol. The van der Waals surface area contributed by atoms with E-state index in [0.29, 0.717) is 12.6 Å². The zero-order chi connectivity index (χ0) is 14.5. The lowest BCUT2D eigenvalue weighted by Gasteiger charge is -2.32. The summed E-state index contributed by atoms with van der Waals surface area (Å²) < 4.78 is 6.72. The molecule has 1 aromatic carbocycles. The van der Waals surface area contributed by atoms with Crippen molar-refractivity contribution in [3.05, 3.63) is 33.3 Å². The molecule has 5 heteroatoms. The van der Waals surface area contributed by atoms with Crippen LogP contribution in [0.15, 0.2) is 22.7 Å². The van der Waals surface area contributed by atoms with Crippen LogP contribution in [0.1, 0.15) is 30.9 Å². The van der Waals surface area contributed by atoms with Gasteiger partial charge in [0.15, 0.2) is 0 Å². The van der Waals surface area contributed by atoms with Crippen LogP contribution in [-0.2, 0) is 4.74 Å². The summed E-state index contributed by atoms with van der Waals surface area (Å²) in [7, 11) is 2.10. The highest BCUT2D eigenvalue weighted by molar-refractivity contribution is 9.10. The van der Waals surface area contributed by atoms with Gasteiger partial charge in [0.05, 0.1) is 11.1 Å². The molecule has 0 radical (unpaired) electrons. The summed E-state index contributed by atoms with van der Waals surface area (Å²) in [5, 5.41) is 0.725. The number of hydrogen-bond acceptors (Lipinski definition) is 3. The Morgan fingerprint density at radius 2 is 2.30 bits per heavy atom. The smallest absolute Gasteiger partial charge is 0.0702 e. The van der Waals surface area contributed by atoms with Gasteiger partial charge >= 0.3 is 0 Å². The minimum Gasteiger partial charge on any atom is -0.377 e. The number of rotatable bonds is 5. The van der Waals surface area contributed by atoms with E-state index in [1.807, 2.05) is 12.1 Å². The van der Waals surface area contributed by atoms with E-state index < -0.39 is 0 Å². The topological polar surface area (TPSA) is 38.5 Å². The maximum Gasteiger partial charge on any atom is 0.0702 e. The molecule has 2 N–H and O–H groups in total. The first-order valence-electron chi connectivity index (χ1n) is 7.08. The van der Waals surface area contributed by atoms with E-state index >= 15 is 0 Å². The lowest BCUT2D eigenvalue weighted by molar-refractivity contribution is -0.00777. The summed E-state index contributed by atoms with van der Waals surface area (Å²) in [5.74, 6) is 0. The van der Waals surface area contributed by atoms with Crippen LogP contribution < -0.4 is 5.73 Å². The second kappa shape index (κ2) is 7.76. The van der Waals surface area contributed by atoms with Crippen molar-refractivity contribution < 1.29 is 4.74 Å². The van der Waals surface area contributed by atoms with Gasteiger partial charge in [0, 0.05) is 30.2 Å². The Balaban J connectivity index is 2.03. The van der Waals surface area contributed by atoms with Gasteiger partial charge in [-0.15, -0.1) is 0 Å². The molecule has 1 aromatic rings. The molecular weight excluding hydrogens is 340 g/mol.